The number of phenols is 1. The van der Waals surface area contributed by atoms with Crippen LogP contribution in [0.3, 0.4) is 0 Å². The molecule has 9 heteroatoms. The van der Waals surface area contributed by atoms with Gasteiger partial charge in [-0.25, -0.2) is 9.37 Å². The van der Waals surface area contributed by atoms with E-state index in [1.807, 2.05) is 24.3 Å². The zero-order valence-corrected chi connectivity index (χ0v) is 19.2. The van der Waals surface area contributed by atoms with Crippen LogP contribution in [-0.4, -0.2) is 42.2 Å². The molecule has 4 aromatic rings. The summed E-state index contributed by atoms with van der Waals surface area (Å²) >= 11 is 0. The molecule has 1 aliphatic rings. The van der Waals surface area contributed by atoms with Crippen LogP contribution >= 0.6 is 0 Å². The molecule has 36 heavy (non-hydrogen) atoms. The summed E-state index contributed by atoms with van der Waals surface area (Å²) in [6, 6.07) is 18.7. The van der Waals surface area contributed by atoms with Gasteiger partial charge in [0.2, 0.25) is 0 Å². The van der Waals surface area contributed by atoms with E-state index in [1.54, 1.807) is 12.1 Å². The van der Waals surface area contributed by atoms with E-state index in [-0.39, 0.29) is 28.4 Å². The number of nitrogens with one attached hydrogen (secondary N) is 2. The van der Waals surface area contributed by atoms with E-state index in [2.05, 4.69) is 26.6 Å². The van der Waals surface area contributed by atoms with Gasteiger partial charge in [0.1, 0.15) is 11.6 Å². The molecule has 0 atom stereocenters. The Labute approximate surface area is 206 Å². The number of hydrogen-bond acceptors (Lipinski definition) is 7. The first-order chi connectivity index (χ1) is 17.5. The lowest BCUT2D eigenvalue weighted by molar-refractivity contribution is 0.0996. The third-order valence-corrected chi connectivity index (χ3v) is 6.01. The van der Waals surface area contributed by atoms with Crippen LogP contribution in [0.4, 0.5) is 15.9 Å². The molecule has 1 saturated heterocycles. The summed E-state index contributed by atoms with van der Waals surface area (Å²) in [6.45, 7) is 3.43. The molecule has 0 spiro atoms. The quantitative estimate of drug-likeness (QED) is 0.386. The summed E-state index contributed by atoms with van der Waals surface area (Å²) in [5.74, 6) is -1.95. The number of piperazine rings is 1. The zero-order chi connectivity index (χ0) is 25.1. The van der Waals surface area contributed by atoms with E-state index in [0.717, 1.165) is 43.5 Å². The van der Waals surface area contributed by atoms with Gasteiger partial charge in [0.15, 0.2) is 23.1 Å². The normalized spacial score (nSPS) is 13.3. The molecule has 2 aromatic heterocycles. The minimum absolute atomic E-state index is 0.0253. The molecule has 1 fully saturated rings. The Balaban J connectivity index is 1.66. The van der Waals surface area contributed by atoms with Gasteiger partial charge in [0.05, 0.1) is 12.0 Å². The van der Waals surface area contributed by atoms with Crippen molar-refractivity contribution in [3.8, 4) is 34.2 Å². The molecular weight excluding hydrogens is 461 g/mol. The fraction of sp³-hybridized carbons (Fsp3) is 0.148. The minimum atomic E-state index is -0.804. The molecule has 1 amide bonds. The molecule has 0 unspecified atom stereocenters. The van der Waals surface area contributed by atoms with Crippen molar-refractivity contribution in [2.75, 3.05) is 36.4 Å². The molecule has 180 valence electrons. The van der Waals surface area contributed by atoms with Gasteiger partial charge in [-0.3, -0.25) is 4.79 Å². The second-order valence-electron chi connectivity index (χ2n) is 8.25. The summed E-state index contributed by atoms with van der Waals surface area (Å²) in [4.78, 5) is 19.4. The summed E-state index contributed by atoms with van der Waals surface area (Å²) in [7, 11) is 0. The van der Waals surface area contributed by atoms with E-state index >= 15 is 0 Å². The second kappa shape index (κ2) is 9.90. The lowest BCUT2D eigenvalue weighted by Gasteiger charge is -2.29. The fourth-order valence-electron chi connectivity index (χ4n) is 4.21. The van der Waals surface area contributed by atoms with Gasteiger partial charge in [-0.15, -0.1) is 0 Å². The summed E-state index contributed by atoms with van der Waals surface area (Å²) < 4.78 is 19.3. The minimum Gasteiger partial charge on any atom is -0.504 e. The number of aromatic nitrogens is 1. The number of pyridine rings is 1. The van der Waals surface area contributed by atoms with E-state index in [0.29, 0.717) is 5.56 Å². The first kappa shape index (κ1) is 23.1. The van der Waals surface area contributed by atoms with Crippen LogP contribution in [0.25, 0.3) is 22.4 Å². The maximum absolute atomic E-state index is 14.2. The number of carbonyl (C=O) groups is 1. The molecular formula is C27H22FN5O3. The first-order valence-electron chi connectivity index (χ1n) is 11.4. The largest absolute Gasteiger partial charge is 0.504 e. The number of benzene rings is 2. The van der Waals surface area contributed by atoms with Gasteiger partial charge < -0.3 is 25.1 Å². The van der Waals surface area contributed by atoms with Crippen molar-refractivity contribution in [2.24, 2.45) is 0 Å². The molecule has 0 saturated carbocycles. The van der Waals surface area contributed by atoms with Gasteiger partial charge in [0, 0.05) is 43.0 Å². The SMILES string of the molecule is N#Cc1c(-c2cccc(N3CCNCC3)c2)cc(-c2cccc(F)c2O)nc1NC(=O)c1ccco1. The van der Waals surface area contributed by atoms with Gasteiger partial charge in [0.25, 0.3) is 5.91 Å². The summed E-state index contributed by atoms with van der Waals surface area (Å²) in [6.07, 6.45) is 1.36. The Morgan fingerprint density at radius 2 is 1.92 bits per heavy atom. The average Bonchev–Trinajstić information content (AvgIpc) is 3.46. The molecule has 5 rings (SSSR count). The van der Waals surface area contributed by atoms with Gasteiger partial charge in [-0.05, 0) is 48.0 Å². The van der Waals surface area contributed by atoms with Crippen molar-refractivity contribution in [3.63, 3.8) is 0 Å². The Morgan fingerprint density at radius 1 is 1.11 bits per heavy atom. The number of rotatable bonds is 5. The molecule has 0 aliphatic carbocycles. The molecule has 3 heterocycles. The predicted octanol–water partition coefficient (Wildman–Crippen LogP) is 4.39. The van der Waals surface area contributed by atoms with Crippen LogP contribution in [0.1, 0.15) is 16.1 Å². The number of para-hydroxylation sites is 1. The van der Waals surface area contributed by atoms with Crippen LogP contribution < -0.4 is 15.5 Å². The van der Waals surface area contributed by atoms with Crippen molar-refractivity contribution in [3.05, 3.63) is 84.1 Å². The maximum Gasteiger partial charge on any atom is 0.292 e. The van der Waals surface area contributed by atoms with Crippen LogP contribution in [0.2, 0.25) is 0 Å². The average molecular weight is 484 g/mol. The van der Waals surface area contributed by atoms with Crippen molar-refractivity contribution in [1.29, 1.82) is 5.26 Å². The van der Waals surface area contributed by atoms with E-state index in [1.165, 1.54) is 24.5 Å². The number of halogens is 1. The number of carbonyl (C=O) groups excluding carboxylic acids is 1. The van der Waals surface area contributed by atoms with Gasteiger partial charge in [-0.2, -0.15) is 5.26 Å². The monoisotopic (exact) mass is 483 g/mol. The van der Waals surface area contributed by atoms with Crippen molar-refractivity contribution < 1.29 is 18.7 Å². The highest BCUT2D eigenvalue weighted by Gasteiger charge is 2.21. The second-order valence-corrected chi connectivity index (χ2v) is 8.25. The summed E-state index contributed by atoms with van der Waals surface area (Å²) in [5, 5.41) is 26.4. The zero-order valence-electron chi connectivity index (χ0n) is 19.2. The topological polar surface area (TPSA) is 114 Å². The van der Waals surface area contributed by atoms with Crippen LogP contribution in [0, 0.1) is 17.1 Å². The highest BCUT2D eigenvalue weighted by molar-refractivity contribution is 6.03. The van der Waals surface area contributed by atoms with Crippen LogP contribution in [0.15, 0.2) is 71.3 Å². The maximum atomic E-state index is 14.2. The molecule has 8 nitrogen and oxygen atoms in total. The highest BCUT2D eigenvalue weighted by atomic mass is 19.1. The number of furan rings is 1. The lowest BCUT2D eigenvalue weighted by atomic mass is 9.97. The van der Waals surface area contributed by atoms with Crippen molar-refractivity contribution in [2.45, 2.75) is 0 Å². The Bertz CT molecular complexity index is 1460. The molecule has 2 aromatic carbocycles. The molecule has 0 bridgehead atoms. The number of nitriles is 1. The number of hydrogen-bond donors (Lipinski definition) is 3. The third kappa shape index (κ3) is 4.50. The molecule has 1 aliphatic heterocycles. The third-order valence-electron chi connectivity index (χ3n) is 6.01. The number of anilines is 2. The smallest absolute Gasteiger partial charge is 0.292 e. The Morgan fingerprint density at radius 3 is 2.67 bits per heavy atom. The Kier molecular flexibility index (Phi) is 6.34. The number of amides is 1. The van der Waals surface area contributed by atoms with Gasteiger partial charge in [-0.1, -0.05) is 18.2 Å². The van der Waals surface area contributed by atoms with E-state index < -0.39 is 17.5 Å². The van der Waals surface area contributed by atoms with Gasteiger partial charge >= 0.3 is 0 Å². The summed E-state index contributed by atoms with van der Waals surface area (Å²) in [5.41, 5.74) is 2.65. The predicted molar refractivity (Wildman–Crippen MR) is 133 cm³/mol. The van der Waals surface area contributed by atoms with E-state index in [4.69, 9.17) is 4.42 Å². The molecule has 0 radical (unpaired) electrons. The van der Waals surface area contributed by atoms with Crippen molar-refractivity contribution in [1.82, 2.24) is 10.3 Å². The molecule has 3 N–H and O–H groups in total. The Hall–Kier alpha value is -4.68. The number of nitrogens with zero attached hydrogens (tertiary/aromatic N) is 3. The van der Waals surface area contributed by atoms with Crippen LogP contribution in [0.5, 0.6) is 5.75 Å². The number of aromatic hydroxyl groups is 1. The number of phenolic OH excluding ortho intramolecular Hbond substituents is 1. The lowest BCUT2D eigenvalue weighted by Crippen LogP contribution is -2.43. The standard InChI is InChI=1S/C27H22FN5O3/c28-22-7-2-6-19(25(22)34)23-15-20(17-4-1-5-18(14-17)33-11-9-30-10-12-33)21(16-29)26(31-23)32-27(35)24-8-3-13-36-24/h1-8,13-15,30,34H,9-12H2,(H,31,32,35). The van der Waals surface area contributed by atoms with Crippen molar-refractivity contribution >= 4 is 17.4 Å². The van der Waals surface area contributed by atoms with Crippen LogP contribution in [-0.2, 0) is 0 Å². The highest BCUT2D eigenvalue weighted by Crippen LogP contribution is 2.37. The van der Waals surface area contributed by atoms with E-state index in [9.17, 15) is 19.6 Å². The fourth-order valence-corrected chi connectivity index (χ4v) is 4.21. The first-order valence-corrected chi connectivity index (χ1v) is 11.4.